The summed E-state index contributed by atoms with van der Waals surface area (Å²) in [5.74, 6) is -0.00199. The summed E-state index contributed by atoms with van der Waals surface area (Å²) in [6.45, 7) is 6.38. The van der Waals surface area contributed by atoms with Gasteiger partial charge in [0, 0.05) is 36.7 Å². The Morgan fingerprint density at radius 3 is 2.30 bits per heavy atom. The van der Waals surface area contributed by atoms with Crippen molar-refractivity contribution in [2.75, 3.05) is 25.0 Å². The molecule has 1 aliphatic heterocycles. The van der Waals surface area contributed by atoms with Crippen LogP contribution in [0.5, 0.6) is 0 Å². The molecule has 40 heavy (non-hydrogen) atoms. The monoisotopic (exact) mass is 577 g/mol. The van der Waals surface area contributed by atoms with Crippen LogP contribution in [0.3, 0.4) is 0 Å². The van der Waals surface area contributed by atoms with Crippen molar-refractivity contribution in [1.82, 2.24) is 9.62 Å². The number of nitrogens with zero attached hydrogens (tertiary/aromatic N) is 2. The van der Waals surface area contributed by atoms with E-state index < -0.39 is 10.0 Å². The fourth-order valence-corrected chi connectivity index (χ4v) is 8.41. The highest BCUT2D eigenvalue weighted by atomic mass is 32.2. The lowest BCUT2D eigenvalue weighted by Gasteiger charge is -2.47. The number of hydrogen-bond donors (Lipinski definition) is 1. The SMILES string of the molecule is C=C1CN(S(=O)(=O)c2ccc(C(=O)NC)cc2)CC(C2CCCCC2)N1c1cc(-c2ccccc2)sc1C(C)=O. The van der Waals surface area contributed by atoms with Crippen LogP contribution in [0, 0.1) is 5.92 Å². The van der Waals surface area contributed by atoms with Gasteiger partial charge < -0.3 is 10.2 Å². The smallest absolute Gasteiger partial charge is 0.251 e. The van der Waals surface area contributed by atoms with Gasteiger partial charge in [0.25, 0.3) is 5.91 Å². The molecular weight excluding hydrogens is 542 g/mol. The molecule has 1 aromatic heterocycles. The summed E-state index contributed by atoms with van der Waals surface area (Å²) in [5.41, 5.74) is 2.93. The number of hydrogen-bond acceptors (Lipinski definition) is 6. The maximum absolute atomic E-state index is 13.8. The second kappa shape index (κ2) is 11.7. The van der Waals surface area contributed by atoms with Gasteiger partial charge >= 0.3 is 0 Å². The van der Waals surface area contributed by atoms with E-state index in [0.717, 1.165) is 41.8 Å². The Morgan fingerprint density at radius 2 is 1.68 bits per heavy atom. The van der Waals surface area contributed by atoms with E-state index >= 15 is 0 Å². The van der Waals surface area contributed by atoms with Crippen molar-refractivity contribution in [3.8, 4) is 10.4 Å². The van der Waals surface area contributed by atoms with Gasteiger partial charge in [-0.1, -0.05) is 56.2 Å². The average Bonchev–Trinajstić information content (AvgIpc) is 3.43. The number of piperazine rings is 1. The molecule has 0 bridgehead atoms. The van der Waals surface area contributed by atoms with Crippen molar-refractivity contribution >= 4 is 38.7 Å². The zero-order valence-corrected chi connectivity index (χ0v) is 24.6. The highest BCUT2D eigenvalue weighted by Gasteiger charge is 2.41. The molecule has 1 N–H and O–H groups in total. The number of benzene rings is 2. The summed E-state index contributed by atoms with van der Waals surface area (Å²) in [5, 5.41) is 2.56. The number of sulfonamides is 1. The fraction of sp³-hybridized carbons (Fsp3) is 0.355. The number of anilines is 1. The maximum atomic E-state index is 13.8. The summed E-state index contributed by atoms with van der Waals surface area (Å²) in [6.07, 6.45) is 5.41. The number of amides is 1. The molecule has 2 fully saturated rings. The Kier molecular flexibility index (Phi) is 8.26. The average molecular weight is 578 g/mol. The Morgan fingerprint density at radius 1 is 1.00 bits per heavy atom. The summed E-state index contributed by atoms with van der Waals surface area (Å²) < 4.78 is 29.2. The number of rotatable bonds is 7. The van der Waals surface area contributed by atoms with Crippen LogP contribution in [0.1, 0.15) is 59.1 Å². The number of thiophene rings is 1. The molecule has 0 spiro atoms. The molecule has 0 radical (unpaired) electrons. The lowest BCUT2D eigenvalue weighted by atomic mass is 9.82. The molecule has 2 heterocycles. The summed E-state index contributed by atoms with van der Waals surface area (Å²) in [4.78, 5) is 28.8. The van der Waals surface area contributed by atoms with E-state index in [1.165, 1.54) is 53.4 Å². The Bertz CT molecular complexity index is 1510. The molecule has 2 aromatic carbocycles. The minimum Gasteiger partial charge on any atom is -0.355 e. The minimum absolute atomic E-state index is 0.0105. The molecule has 5 rings (SSSR count). The van der Waals surface area contributed by atoms with Crippen molar-refractivity contribution in [2.24, 2.45) is 5.92 Å². The van der Waals surface area contributed by atoms with Crippen LogP contribution in [0.25, 0.3) is 10.4 Å². The van der Waals surface area contributed by atoms with Gasteiger partial charge in [-0.25, -0.2) is 8.42 Å². The van der Waals surface area contributed by atoms with E-state index in [9.17, 15) is 18.0 Å². The third kappa shape index (κ3) is 5.50. The largest absolute Gasteiger partial charge is 0.355 e. The lowest BCUT2D eigenvalue weighted by molar-refractivity contribution is 0.0961. The van der Waals surface area contributed by atoms with E-state index in [0.29, 0.717) is 22.7 Å². The van der Waals surface area contributed by atoms with Gasteiger partial charge in [0.1, 0.15) is 0 Å². The van der Waals surface area contributed by atoms with Crippen molar-refractivity contribution in [1.29, 1.82) is 0 Å². The molecule has 1 saturated carbocycles. The molecule has 1 aliphatic carbocycles. The third-order valence-electron chi connectivity index (χ3n) is 7.95. The lowest BCUT2D eigenvalue weighted by Crippen LogP contribution is -2.56. The quantitative estimate of drug-likeness (QED) is 0.351. The molecule has 1 unspecified atom stereocenters. The van der Waals surface area contributed by atoms with Crippen molar-refractivity contribution in [3.05, 3.63) is 83.4 Å². The zero-order chi connectivity index (χ0) is 28.4. The Labute approximate surface area is 240 Å². The number of ketones is 1. The van der Waals surface area contributed by atoms with E-state index in [-0.39, 0.29) is 35.1 Å². The van der Waals surface area contributed by atoms with Gasteiger partial charge in [0.2, 0.25) is 10.0 Å². The van der Waals surface area contributed by atoms with Crippen LogP contribution in [0.15, 0.2) is 77.8 Å². The molecule has 1 atom stereocenters. The van der Waals surface area contributed by atoms with Crippen LogP contribution >= 0.6 is 11.3 Å². The molecule has 7 nitrogen and oxygen atoms in total. The first kappa shape index (κ1) is 28.3. The first-order chi connectivity index (χ1) is 19.2. The van der Waals surface area contributed by atoms with Crippen LogP contribution < -0.4 is 10.2 Å². The van der Waals surface area contributed by atoms with Crippen LogP contribution in [-0.2, 0) is 10.0 Å². The molecular formula is C31H35N3O4S2. The minimum atomic E-state index is -3.84. The van der Waals surface area contributed by atoms with Gasteiger partial charge in [0.15, 0.2) is 5.78 Å². The van der Waals surface area contributed by atoms with Crippen molar-refractivity contribution < 1.29 is 18.0 Å². The van der Waals surface area contributed by atoms with Crippen LogP contribution in [0.4, 0.5) is 5.69 Å². The highest BCUT2D eigenvalue weighted by molar-refractivity contribution is 7.89. The van der Waals surface area contributed by atoms with Gasteiger partial charge in [-0.2, -0.15) is 4.31 Å². The normalized spacial score (nSPS) is 19.0. The van der Waals surface area contributed by atoms with Gasteiger partial charge in [-0.3, -0.25) is 9.59 Å². The van der Waals surface area contributed by atoms with Crippen molar-refractivity contribution in [2.45, 2.75) is 50.0 Å². The Balaban J connectivity index is 1.52. The molecule has 2 aliphatic rings. The second-order valence-corrected chi connectivity index (χ2v) is 13.5. The molecule has 1 amide bonds. The molecule has 3 aromatic rings. The van der Waals surface area contributed by atoms with Crippen LogP contribution in [-0.4, -0.2) is 50.6 Å². The number of Topliss-reactive ketones (excluding diaryl/α,β-unsaturated/α-hetero) is 1. The van der Waals surface area contributed by atoms with E-state index in [1.54, 1.807) is 6.92 Å². The summed E-state index contributed by atoms with van der Waals surface area (Å²) in [7, 11) is -2.30. The summed E-state index contributed by atoms with van der Waals surface area (Å²) >= 11 is 1.48. The molecule has 210 valence electrons. The topological polar surface area (TPSA) is 86.8 Å². The van der Waals surface area contributed by atoms with Crippen LogP contribution in [0.2, 0.25) is 0 Å². The van der Waals surface area contributed by atoms with Gasteiger partial charge in [0.05, 0.1) is 28.0 Å². The predicted octanol–water partition coefficient (Wildman–Crippen LogP) is 5.95. The summed E-state index contributed by atoms with van der Waals surface area (Å²) in [6, 6.07) is 18.0. The second-order valence-electron chi connectivity index (χ2n) is 10.5. The zero-order valence-electron chi connectivity index (χ0n) is 22.9. The predicted molar refractivity (Wildman–Crippen MR) is 160 cm³/mol. The Hall–Kier alpha value is -3.27. The van der Waals surface area contributed by atoms with E-state index in [4.69, 9.17) is 0 Å². The number of carbonyl (C=O) groups excluding carboxylic acids is 2. The number of nitrogens with one attached hydrogen (secondary N) is 1. The molecule has 9 heteroatoms. The van der Waals surface area contributed by atoms with Crippen molar-refractivity contribution in [3.63, 3.8) is 0 Å². The molecule has 1 saturated heterocycles. The number of carbonyl (C=O) groups is 2. The van der Waals surface area contributed by atoms with E-state index in [2.05, 4.69) is 22.9 Å². The standard InChI is InChI=1S/C31H35N3O4S2/c1-21-19-33(40(37,38)26-16-14-25(15-17-26)31(36)32-3)20-28(23-10-6-4-7-11-23)34(21)27-18-29(39-30(27)22(2)35)24-12-8-5-9-13-24/h5,8-9,12-18,23,28H,1,4,6-7,10-11,19-20H2,2-3H3,(H,32,36). The first-order valence-electron chi connectivity index (χ1n) is 13.7. The fourth-order valence-electron chi connectivity index (χ4n) is 5.91. The maximum Gasteiger partial charge on any atom is 0.251 e. The van der Waals surface area contributed by atoms with Gasteiger partial charge in [-0.05, 0) is 54.7 Å². The van der Waals surface area contributed by atoms with Gasteiger partial charge in [-0.15, -0.1) is 11.3 Å². The third-order valence-corrected chi connectivity index (χ3v) is 11.0. The highest BCUT2D eigenvalue weighted by Crippen LogP contribution is 2.43. The first-order valence-corrected chi connectivity index (χ1v) is 16.0. The van der Waals surface area contributed by atoms with E-state index in [1.807, 2.05) is 30.3 Å².